The van der Waals surface area contributed by atoms with Gasteiger partial charge in [0.1, 0.15) is 18.5 Å². The first-order valence-corrected chi connectivity index (χ1v) is 10.3. The van der Waals surface area contributed by atoms with Crippen molar-refractivity contribution in [2.24, 2.45) is 0 Å². The number of carbonyl (C=O) groups is 2. The third kappa shape index (κ3) is 5.92. The van der Waals surface area contributed by atoms with Crippen molar-refractivity contribution >= 4 is 11.9 Å². The number of aliphatic hydroxyl groups excluding tert-OH is 1. The Morgan fingerprint density at radius 3 is 2.30 bits per heavy atom. The lowest BCUT2D eigenvalue weighted by Crippen LogP contribution is -2.54. The third-order valence-corrected chi connectivity index (χ3v) is 5.00. The van der Waals surface area contributed by atoms with Crippen molar-refractivity contribution in [3.8, 4) is 17.2 Å². The molecule has 1 heterocycles. The van der Waals surface area contributed by atoms with Gasteiger partial charge in [-0.1, -0.05) is 18.2 Å². The number of rotatable bonds is 12. The molecule has 1 aliphatic heterocycles. The summed E-state index contributed by atoms with van der Waals surface area (Å²) in [5.41, 5.74) is 1.81. The number of carboxylic acid groups (broad SMARTS) is 2. The summed E-state index contributed by atoms with van der Waals surface area (Å²) in [6.45, 7) is 2.87. The predicted molar refractivity (Wildman–Crippen MR) is 116 cm³/mol. The molecule has 2 atom stereocenters. The number of aliphatic hydroxyl groups is 1. The van der Waals surface area contributed by atoms with Crippen molar-refractivity contribution < 1.29 is 43.9 Å². The highest BCUT2D eigenvalue weighted by molar-refractivity contribution is 6.01. The van der Waals surface area contributed by atoms with Gasteiger partial charge >= 0.3 is 17.7 Å². The van der Waals surface area contributed by atoms with Gasteiger partial charge in [0.2, 0.25) is 0 Å². The number of hydrogen-bond acceptors (Lipinski definition) is 8. The summed E-state index contributed by atoms with van der Waals surface area (Å²) < 4.78 is 20.8. The van der Waals surface area contributed by atoms with Gasteiger partial charge in [-0.25, -0.2) is 9.59 Å². The fourth-order valence-electron chi connectivity index (χ4n) is 3.30. The second-order valence-electron chi connectivity index (χ2n) is 7.77. The van der Waals surface area contributed by atoms with E-state index in [4.69, 9.17) is 18.9 Å². The van der Waals surface area contributed by atoms with Crippen LogP contribution in [0.1, 0.15) is 18.1 Å². The smallest absolute Gasteiger partial charge is 0.453 e. The summed E-state index contributed by atoms with van der Waals surface area (Å²) >= 11 is 0. The fraction of sp³-hybridized carbons (Fsp3) is 0.391. The zero-order valence-electron chi connectivity index (χ0n) is 18.3. The maximum absolute atomic E-state index is 11.4. The molecule has 0 amide bonds. The Bertz CT molecular complexity index is 962. The average Bonchev–Trinajstić information content (AvgIpc) is 3.18. The first-order chi connectivity index (χ1) is 15.7. The summed E-state index contributed by atoms with van der Waals surface area (Å²) in [6, 6.07) is 12.1. The fourth-order valence-corrected chi connectivity index (χ4v) is 3.30. The Morgan fingerprint density at radius 2 is 1.67 bits per heavy atom. The highest BCUT2D eigenvalue weighted by Crippen LogP contribution is 2.40. The van der Waals surface area contributed by atoms with Crippen LogP contribution in [0.15, 0.2) is 42.5 Å². The van der Waals surface area contributed by atoms with Gasteiger partial charge in [0, 0.05) is 19.7 Å². The normalized spacial score (nSPS) is 15.6. The van der Waals surface area contributed by atoms with Gasteiger partial charge in [0.15, 0.2) is 11.5 Å². The molecule has 10 nitrogen and oxygen atoms in total. The van der Waals surface area contributed by atoms with Crippen molar-refractivity contribution in [2.75, 3.05) is 20.3 Å². The van der Waals surface area contributed by atoms with Crippen LogP contribution in [0, 0.1) is 0 Å². The maximum atomic E-state index is 11.4. The van der Waals surface area contributed by atoms with Crippen LogP contribution in [0.4, 0.5) is 0 Å². The predicted octanol–water partition coefficient (Wildman–Crippen LogP) is 1.43. The van der Waals surface area contributed by atoms with Crippen LogP contribution in [0.2, 0.25) is 0 Å². The Morgan fingerprint density at radius 1 is 1.03 bits per heavy atom. The first kappa shape index (κ1) is 24.3. The Kier molecular flexibility index (Phi) is 7.75. The van der Waals surface area contributed by atoms with E-state index in [-0.39, 0.29) is 24.1 Å². The van der Waals surface area contributed by atoms with Gasteiger partial charge in [0.25, 0.3) is 0 Å². The van der Waals surface area contributed by atoms with Gasteiger partial charge < -0.3 is 39.6 Å². The molecule has 1 aliphatic rings. The molecule has 0 saturated heterocycles. The van der Waals surface area contributed by atoms with E-state index in [0.717, 1.165) is 11.1 Å². The summed E-state index contributed by atoms with van der Waals surface area (Å²) in [5, 5.41) is 31.8. The van der Waals surface area contributed by atoms with Gasteiger partial charge in [-0.15, -0.1) is 0 Å². The molecule has 4 N–H and O–H groups in total. The Balaban J connectivity index is 1.46. The van der Waals surface area contributed by atoms with E-state index >= 15 is 0 Å². The minimum atomic E-state index is -2.78. The SMILES string of the molecule is COCc1ccc(OCC(O)CNC(C)Cc2ccc3c(c2)OC(C(=O)O)(C(=O)O)O3)cc1. The van der Waals surface area contributed by atoms with E-state index in [1.54, 1.807) is 19.2 Å². The lowest BCUT2D eigenvalue weighted by Gasteiger charge is -2.18. The molecule has 0 aliphatic carbocycles. The van der Waals surface area contributed by atoms with Crippen molar-refractivity contribution in [2.45, 2.75) is 37.9 Å². The van der Waals surface area contributed by atoms with Crippen LogP contribution in [0.5, 0.6) is 17.2 Å². The molecule has 0 aromatic heterocycles. The van der Waals surface area contributed by atoms with Crippen molar-refractivity contribution in [1.29, 1.82) is 0 Å². The molecule has 178 valence electrons. The number of ether oxygens (including phenoxy) is 4. The van der Waals surface area contributed by atoms with Crippen molar-refractivity contribution in [3.63, 3.8) is 0 Å². The number of nitrogens with one attached hydrogen (secondary N) is 1. The second-order valence-corrected chi connectivity index (χ2v) is 7.77. The van der Waals surface area contributed by atoms with E-state index in [1.165, 1.54) is 6.07 Å². The summed E-state index contributed by atoms with van der Waals surface area (Å²) in [4.78, 5) is 22.7. The van der Waals surface area contributed by atoms with Gasteiger partial charge in [0.05, 0.1) is 6.61 Å². The van der Waals surface area contributed by atoms with Gasteiger partial charge in [-0.05, 0) is 48.7 Å². The Hall–Kier alpha value is -3.34. The van der Waals surface area contributed by atoms with Gasteiger partial charge in [-0.2, -0.15) is 0 Å². The highest BCUT2D eigenvalue weighted by Gasteiger charge is 2.57. The summed E-state index contributed by atoms with van der Waals surface area (Å²) in [5.74, 6) is -5.52. The molecule has 0 fully saturated rings. The number of fused-ring (bicyclic) bond motifs is 1. The number of aliphatic carboxylic acids is 2. The molecule has 3 rings (SSSR count). The number of methoxy groups -OCH3 is 1. The largest absolute Gasteiger partial charge is 0.491 e. The van der Waals surface area contributed by atoms with Gasteiger partial charge in [-0.3, -0.25) is 0 Å². The summed E-state index contributed by atoms with van der Waals surface area (Å²) in [7, 11) is 1.63. The van der Waals surface area contributed by atoms with Crippen LogP contribution < -0.4 is 19.5 Å². The van der Waals surface area contributed by atoms with Crippen molar-refractivity contribution in [3.05, 3.63) is 53.6 Å². The molecule has 33 heavy (non-hydrogen) atoms. The Labute approximate surface area is 190 Å². The van der Waals surface area contributed by atoms with Crippen LogP contribution in [-0.2, 0) is 27.4 Å². The van der Waals surface area contributed by atoms with Crippen LogP contribution in [0.3, 0.4) is 0 Å². The minimum absolute atomic E-state index is 0.0444. The number of hydrogen-bond donors (Lipinski definition) is 4. The molecule has 10 heteroatoms. The van der Waals surface area contributed by atoms with E-state index in [1.807, 2.05) is 31.2 Å². The molecule has 2 aromatic rings. The first-order valence-electron chi connectivity index (χ1n) is 10.3. The minimum Gasteiger partial charge on any atom is -0.491 e. The topological polar surface area (TPSA) is 144 Å². The van der Waals surface area contributed by atoms with E-state index in [9.17, 15) is 24.9 Å². The molecular weight excluding hydrogens is 434 g/mol. The molecule has 0 saturated carbocycles. The van der Waals surface area contributed by atoms with Crippen molar-refractivity contribution in [1.82, 2.24) is 5.32 Å². The zero-order chi connectivity index (χ0) is 24.0. The molecule has 0 bridgehead atoms. The molecule has 0 radical (unpaired) electrons. The van der Waals surface area contributed by atoms with Crippen LogP contribution in [-0.4, -0.2) is 65.5 Å². The molecule has 2 aromatic carbocycles. The second kappa shape index (κ2) is 10.5. The van der Waals surface area contributed by atoms with Crippen LogP contribution in [0.25, 0.3) is 0 Å². The lowest BCUT2D eigenvalue weighted by molar-refractivity contribution is -0.194. The monoisotopic (exact) mass is 461 g/mol. The quantitative estimate of drug-likeness (QED) is 0.343. The standard InChI is InChI=1S/C23H27NO9/c1-14(24-11-17(25)13-31-18-6-3-15(4-7-18)12-30-2)9-16-5-8-19-20(10-16)33-23(32-19,21(26)27)22(28)29/h3-8,10,14,17,24-25H,9,11-13H2,1-2H3,(H,26,27)(H,28,29). The molecule has 0 spiro atoms. The van der Waals surface area contributed by atoms with E-state index < -0.39 is 23.8 Å². The lowest BCUT2D eigenvalue weighted by atomic mass is 10.1. The zero-order valence-corrected chi connectivity index (χ0v) is 18.3. The maximum Gasteiger partial charge on any atom is 0.453 e. The molecular formula is C23H27NO9. The average molecular weight is 461 g/mol. The number of benzene rings is 2. The summed E-state index contributed by atoms with van der Waals surface area (Å²) in [6.07, 6.45) is -0.201. The number of carboxylic acids is 2. The van der Waals surface area contributed by atoms with Crippen LogP contribution >= 0.6 is 0 Å². The molecule has 2 unspecified atom stereocenters. The van der Waals surface area contributed by atoms with E-state index in [0.29, 0.717) is 25.3 Å². The third-order valence-electron chi connectivity index (χ3n) is 5.00. The highest BCUT2D eigenvalue weighted by atomic mass is 16.8. The van der Waals surface area contributed by atoms with E-state index in [2.05, 4.69) is 5.32 Å².